The quantitative estimate of drug-likeness (QED) is 0.244. The van der Waals surface area contributed by atoms with Gasteiger partial charge in [0.05, 0.1) is 17.9 Å². The monoisotopic (exact) mass is 521 g/mol. The van der Waals surface area contributed by atoms with Crippen LogP contribution in [0, 0.1) is 5.92 Å². The fourth-order valence-corrected chi connectivity index (χ4v) is 6.06. The van der Waals surface area contributed by atoms with Crippen LogP contribution in [-0.4, -0.2) is 26.1 Å². The van der Waals surface area contributed by atoms with Crippen molar-refractivity contribution in [3.05, 3.63) is 71.0 Å². The van der Waals surface area contributed by atoms with Gasteiger partial charge in [0.1, 0.15) is 11.6 Å². The lowest BCUT2D eigenvalue weighted by Crippen LogP contribution is -2.35. The highest BCUT2D eigenvalue weighted by Gasteiger charge is 2.28. The number of aromatic hydroxyl groups is 1. The van der Waals surface area contributed by atoms with Crippen LogP contribution in [0.2, 0.25) is 5.02 Å². The Morgan fingerprint density at radius 3 is 2.49 bits per heavy atom. The number of phenols is 1. The summed E-state index contributed by atoms with van der Waals surface area (Å²) in [5.41, 5.74) is 3.59. The Labute approximate surface area is 228 Å². The van der Waals surface area contributed by atoms with E-state index in [4.69, 9.17) is 16.6 Å². The number of aromatic nitrogens is 2. The number of phenolic OH excluding ortho intramolecular Hbond substituents is 1. The summed E-state index contributed by atoms with van der Waals surface area (Å²) < 4.78 is 2.49. The lowest BCUT2D eigenvalue weighted by Gasteiger charge is -2.36. The van der Waals surface area contributed by atoms with E-state index in [1.54, 1.807) is 12.1 Å². The van der Waals surface area contributed by atoms with E-state index in [-0.39, 0.29) is 11.8 Å². The maximum atomic E-state index is 9.96. The van der Waals surface area contributed by atoms with Crippen LogP contribution in [0.1, 0.15) is 95.4 Å². The minimum atomic E-state index is 0.222. The average Bonchev–Trinajstić information content (AvgIpc) is 3.33. The van der Waals surface area contributed by atoms with E-state index in [0.717, 1.165) is 56.2 Å². The number of hydrogen-bond acceptors (Lipinski definition) is 3. The summed E-state index contributed by atoms with van der Waals surface area (Å²) >= 11 is 6.65. The van der Waals surface area contributed by atoms with E-state index in [1.807, 2.05) is 6.07 Å². The van der Waals surface area contributed by atoms with Gasteiger partial charge in [-0.3, -0.25) is 4.90 Å². The van der Waals surface area contributed by atoms with E-state index < -0.39 is 0 Å². The first-order chi connectivity index (χ1) is 18.1. The van der Waals surface area contributed by atoms with E-state index in [9.17, 15) is 5.11 Å². The zero-order valence-electron chi connectivity index (χ0n) is 22.7. The van der Waals surface area contributed by atoms with E-state index in [0.29, 0.717) is 5.02 Å². The Kier molecular flexibility index (Phi) is 10.5. The molecule has 1 aliphatic rings. The molecule has 0 saturated heterocycles. The molecule has 1 saturated carbocycles. The molecule has 1 N–H and O–H groups in total. The molecule has 200 valence electrons. The molecule has 1 fully saturated rings. The number of nitrogens with zero attached hydrogens (tertiary/aromatic N) is 3. The number of hydrogen-bond donors (Lipinski definition) is 1. The Balaban J connectivity index is 1.74. The van der Waals surface area contributed by atoms with Gasteiger partial charge in [0.2, 0.25) is 0 Å². The molecule has 0 spiro atoms. The molecule has 4 nitrogen and oxygen atoms in total. The summed E-state index contributed by atoms with van der Waals surface area (Å²) in [5, 5.41) is 10.6. The topological polar surface area (TPSA) is 41.3 Å². The zero-order chi connectivity index (χ0) is 26.0. The standard InChI is InChI=1S/C32H44ClN3O/c1-3-5-17-30(31-22-34-32(36(31)20-6-4-2)26-15-11-8-12-16-26)35(23-25-13-9-7-10-14-25)24-27-18-19-28(37)21-29(27)33/h8,11-12,15-16,18-19,21-22,25,30,37H,3-7,9-10,13-14,17,20,23-24H2,1-2H3/t30-/m1/s1. The fourth-order valence-electron chi connectivity index (χ4n) is 5.83. The van der Waals surface area contributed by atoms with Crippen LogP contribution in [-0.2, 0) is 13.1 Å². The van der Waals surface area contributed by atoms with Crippen molar-refractivity contribution < 1.29 is 5.11 Å². The highest BCUT2D eigenvalue weighted by Crippen LogP contribution is 2.36. The maximum absolute atomic E-state index is 9.96. The van der Waals surface area contributed by atoms with E-state index in [1.165, 1.54) is 56.2 Å². The molecule has 1 aliphatic carbocycles. The molecule has 1 aromatic heterocycles. The summed E-state index contributed by atoms with van der Waals surface area (Å²) in [6.07, 6.45) is 14.5. The first-order valence-electron chi connectivity index (χ1n) is 14.4. The summed E-state index contributed by atoms with van der Waals surface area (Å²) in [6.45, 7) is 7.38. The van der Waals surface area contributed by atoms with Crippen LogP contribution in [0.3, 0.4) is 0 Å². The van der Waals surface area contributed by atoms with Crippen LogP contribution in [0.15, 0.2) is 54.7 Å². The second-order valence-corrected chi connectivity index (χ2v) is 11.2. The van der Waals surface area contributed by atoms with Gasteiger partial charge in [0, 0.05) is 30.2 Å². The Hall–Kier alpha value is -2.30. The molecule has 1 atom stereocenters. The summed E-state index contributed by atoms with van der Waals surface area (Å²) in [5.74, 6) is 2.01. The Morgan fingerprint density at radius 1 is 1.03 bits per heavy atom. The maximum Gasteiger partial charge on any atom is 0.140 e. The van der Waals surface area contributed by atoms with Gasteiger partial charge in [-0.25, -0.2) is 4.98 Å². The van der Waals surface area contributed by atoms with Gasteiger partial charge in [-0.05, 0) is 49.3 Å². The van der Waals surface area contributed by atoms with Gasteiger partial charge in [0.15, 0.2) is 0 Å². The molecule has 1 heterocycles. The molecule has 2 aromatic carbocycles. The Morgan fingerprint density at radius 2 is 1.78 bits per heavy atom. The summed E-state index contributed by atoms with van der Waals surface area (Å²) in [4.78, 5) is 7.69. The minimum absolute atomic E-state index is 0.222. The second kappa shape index (κ2) is 14.0. The van der Waals surface area contributed by atoms with Gasteiger partial charge in [-0.2, -0.15) is 0 Å². The SMILES string of the molecule is CCCC[C@H](c1cnc(-c2ccccc2)n1CCCC)N(Cc1ccc(O)cc1Cl)CC1CCCCC1. The molecule has 3 aromatic rings. The number of rotatable bonds is 13. The van der Waals surface area contributed by atoms with Crippen molar-refractivity contribution in [2.45, 2.75) is 97.2 Å². The predicted octanol–water partition coefficient (Wildman–Crippen LogP) is 9.02. The molecule has 0 amide bonds. The lowest BCUT2D eigenvalue weighted by molar-refractivity contribution is 0.127. The molecule has 0 radical (unpaired) electrons. The lowest BCUT2D eigenvalue weighted by atomic mass is 9.88. The number of unbranched alkanes of at least 4 members (excludes halogenated alkanes) is 2. The van der Waals surface area contributed by atoms with Crippen LogP contribution >= 0.6 is 11.6 Å². The number of imidazole rings is 1. The smallest absolute Gasteiger partial charge is 0.140 e. The van der Waals surface area contributed by atoms with Crippen LogP contribution in [0.25, 0.3) is 11.4 Å². The first kappa shape index (κ1) is 27.7. The molecule has 4 rings (SSSR count). The highest BCUT2D eigenvalue weighted by molar-refractivity contribution is 6.31. The van der Waals surface area contributed by atoms with Gasteiger partial charge in [0.25, 0.3) is 0 Å². The Bertz CT molecular complexity index is 1090. The molecule has 37 heavy (non-hydrogen) atoms. The van der Waals surface area contributed by atoms with Crippen molar-refractivity contribution in [1.82, 2.24) is 14.5 Å². The van der Waals surface area contributed by atoms with Crippen molar-refractivity contribution in [3.63, 3.8) is 0 Å². The van der Waals surface area contributed by atoms with Crippen LogP contribution in [0.4, 0.5) is 0 Å². The number of benzene rings is 2. The molecular weight excluding hydrogens is 478 g/mol. The van der Waals surface area contributed by atoms with Crippen LogP contribution < -0.4 is 0 Å². The van der Waals surface area contributed by atoms with Gasteiger partial charge in [-0.15, -0.1) is 0 Å². The molecular formula is C32H44ClN3O. The third kappa shape index (κ3) is 7.39. The van der Waals surface area contributed by atoms with Crippen molar-refractivity contribution in [3.8, 4) is 17.1 Å². The predicted molar refractivity (Wildman–Crippen MR) is 155 cm³/mol. The van der Waals surface area contributed by atoms with E-state index in [2.05, 4.69) is 59.8 Å². The molecule has 0 bridgehead atoms. The summed E-state index contributed by atoms with van der Waals surface area (Å²) in [6, 6.07) is 16.3. The van der Waals surface area contributed by atoms with Crippen molar-refractivity contribution in [1.29, 1.82) is 0 Å². The molecule has 0 aliphatic heterocycles. The third-order valence-corrected chi connectivity index (χ3v) is 8.25. The fraction of sp³-hybridized carbons (Fsp3) is 0.531. The molecule has 5 heteroatoms. The zero-order valence-corrected chi connectivity index (χ0v) is 23.5. The third-order valence-electron chi connectivity index (χ3n) is 7.89. The first-order valence-corrected chi connectivity index (χ1v) is 14.8. The summed E-state index contributed by atoms with van der Waals surface area (Å²) in [7, 11) is 0. The van der Waals surface area contributed by atoms with Crippen molar-refractivity contribution in [2.75, 3.05) is 6.54 Å². The largest absolute Gasteiger partial charge is 0.508 e. The minimum Gasteiger partial charge on any atom is -0.508 e. The van der Waals surface area contributed by atoms with Crippen molar-refractivity contribution in [2.24, 2.45) is 5.92 Å². The second-order valence-electron chi connectivity index (χ2n) is 10.7. The van der Waals surface area contributed by atoms with Gasteiger partial charge >= 0.3 is 0 Å². The van der Waals surface area contributed by atoms with Crippen LogP contribution in [0.5, 0.6) is 5.75 Å². The highest BCUT2D eigenvalue weighted by atomic mass is 35.5. The average molecular weight is 522 g/mol. The normalized spacial score (nSPS) is 15.4. The van der Waals surface area contributed by atoms with Gasteiger partial charge < -0.3 is 9.67 Å². The van der Waals surface area contributed by atoms with Gasteiger partial charge in [-0.1, -0.05) is 100 Å². The molecule has 0 unspecified atom stereocenters. The number of halogens is 1. The van der Waals surface area contributed by atoms with E-state index >= 15 is 0 Å². The van der Waals surface area contributed by atoms with Crippen molar-refractivity contribution >= 4 is 11.6 Å².